The van der Waals surface area contributed by atoms with Crippen LogP contribution >= 0.6 is 24.8 Å². The maximum Gasteiger partial charge on any atom is 0.224 e. The summed E-state index contributed by atoms with van der Waals surface area (Å²) in [6.07, 6.45) is 3.26. The summed E-state index contributed by atoms with van der Waals surface area (Å²) in [5.74, 6) is 1.05. The van der Waals surface area contributed by atoms with Crippen molar-refractivity contribution in [1.29, 1.82) is 0 Å². The molecule has 1 saturated heterocycles. The van der Waals surface area contributed by atoms with Gasteiger partial charge in [-0.05, 0) is 45.8 Å². The van der Waals surface area contributed by atoms with Crippen LogP contribution in [0.2, 0.25) is 0 Å². The Hall–Kier alpha value is -0.0300. The van der Waals surface area contributed by atoms with Gasteiger partial charge in [-0.25, -0.2) is 0 Å². The van der Waals surface area contributed by atoms with Crippen LogP contribution in [0.1, 0.15) is 33.1 Å². The van der Waals surface area contributed by atoms with E-state index in [-0.39, 0.29) is 36.6 Å². The van der Waals surface area contributed by atoms with Crippen molar-refractivity contribution < 1.29 is 4.79 Å². The Balaban J connectivity index is 0. The fourth-order valence-electron chi connectivity index (χ4n) is 2.46. The van der Waals surface area contributed by atoms with Crippen LogP contribution in [0.5, 0.6) is 0 Å². The zero-order valence-electron chi connectivity index (χ0n) is 13.1. The third kappa shape index (κ3) is 8.30. The van der Waals surface area contributed by atoms with Crippen molar-refractivity contribution in [3.05, 3.63) is 0 Å². The number of amides is 1. The van der Waals surface area contributed by atoms with Gasteiger partial charge >= 0.3 is 0 Å². The maximum atomic E-state index is 12.0. The van der Waals surface area contributed by atoms with Gasteiger partial charge in [0.2, 0.25) is 5.91 Å². The highest BCUT2D eigenvalue weighted by atomic mass is 35.5. The molecule has 0 spiro atoms. The molecule has 1 heterocycles. The highest BCUT2D eigenvalue weighted by Crippen LogP contribution is 2.11. The molecule has 0 aromatic heterocycles. The normalized spacial score (nSPS) is 20.0. The molecule has 1 rings (SSSR count). The summed E-state index contributed by atoms with van der Waals surface area (Å²) in [6.45, 7) is 7.10. The summed E-state index contributed by atoms with van der Waals surface area (Å²) >= 11 is 0. The van der Waals surface area contributed by atoms with Crippen LogP contribution in [0, 0.1) is 11.8 Å². The molecule has 122 valence electrons. The fourth-order valence-corrected chi connectivity index (χ4v) is 2.46. The number of carbonyl (C=O) groups is 1. The van der Waals surface area contributed by atoms with Gasteiger partial charge in [-0.2, -0.15) is 0 Å². The first-order chi connectivity index (χ1) is 8.50. The highest BCUT2D eigenvalue weighted by molar-refractivity contribution is 5.85. The number of halogens is 2. The first-order valence-corrected chi connectivity index (χ1v) is 7.15. The number of carbonyl (C=O) groups excluding carboxylic acids is 1. The van der Waals surface area contributed by atoms with E-state index in [2.05, 4.69) is 43.5 Å². The van der Waals surface area contributed by atoms with E-state index >= 15 is 0 Å². The molecule has 4 nitrogen and oxygen atoms in total. The minimum atomic E-state index is 0. The number of hydrogen-bond acceptors (Lipinski definition) is 3. The van der Waals surface area contributed by atoms with E-state index in [4.69, 9.17) is 0 Å². The van der Waals surface area contributed by atoms with E-state index in [9.17, 15) is 4.79 Å². The summed E-state index contributed by atoms with van der Waals surface area (Å²) < 4.78 is 0. The van der Waals surface area contributed by atoms with Gasteiger partial charge in [-0.3, -0.25) is 4.79 Å². The van der Waals surface area contributed by atoms with E-state index < -0.39 is 0 Å². The van der Waals surface area contributed by atoms with Crippen LogP contribution in [0.4, 0.5) is 0 Å². The van der Waals surface area contributed by atoms with E-state index in [0.29, 0.717) is 12.0 Å². The maximum absolute atomic E-state index is 12.0. The van der Waals surface area contributed by atoms with Crippen LogP contribution in [0.3, 0.4) is 0 Å². The van der Waals surface area contributed by atoms with Crippen molar-refractivity contribution in [2.24, 2.45) is 11.8 Å². The molecule has 2 unspecified atom stereocenters. The minimum Gasteiger partial charge on any atom is -0.354 e. The van der Waals surface area contributed by atoms with Crippen LogP contribution in [0.15, 0.2) is 0 Å². The van der Waals surface area contributed by atoms with Gasteiger partial charge in [0, 0.05) is 19.1 Å². The lowest BCUT2D eigenvalue weighted by Crippen LogP contribution is -2.45. The van der Waals surface area contributed by atoms with Crippen molar-refractivity contribution in [3.63, 3.8) is 0 Å². The van der Waals surface area contributed by atoms with E-state index in [1.54, 1.807) is 0 Å². The van der Waals surface area contributed by atoms with Gasteiger partial charge in [0.25, 0.3) is 0 Å². The molecule has 6 heteroatoms. The third-order valence-corrected chi connectivity index (χ3v) is 3.65. The molecule has 1 fully saturated rings. The molecule has 0 bridgehead atoms. The quantitative estimate of drug-likeness (QED) is 0.783. The molecule has 20 heavy (non-hydrogen) atoms. The first kappa shape index (κ1) is 22.3. The summed E-state index contributed by atoms with van der Waals surface area (Å²) in [5.41, 5.74) is 0. The molecule has 2 N–H and O–H groups in total. The third-order valence-electron chi connectivity index (χ3n) is 3.65. The standard InChI is InChI=1S/C14H29N3O.2ClH/c1-11(2)8-13(17(3)4)10-16-14(18)12-6-5-7-15-9-12;;/h11-13,15H,5-10H2,1-4H3,(H,16,18);2*1H. The van der Waals surface area contributed by atoms with Gasteiger partial charge in [-0.15, -0.1) is 24.8 Å². The van der Waals surface area contributed by atoms with Crippen LogP contribution in [-0.2, 0) is 4.79 Å². The Morgan fingerprint density at radius 1 is 1.35 bits per heavy atom. The SMILES string of the molecule is CC(C)CC(CNC(=O)C1CCCNC1)N(C)C.Cl.Cl. The molecule has 1 amide bonds. The second-order valence-corrected chi connectivity index (χ2v) is 6.04. The number of nitrogens with one attached hydrogen (secondary N) is 2. The molecule has 0 aromatic carbocycles. The molecule has 0 aromatic rings. The Morgan fingerprint density at radius 2 is 2.00 bits per heavy atom. The van der Waals surface area contributed by atoms with Crippen molar-refractivity contribution in [1.82, 2.24) is 15.5 Å². The molecule has 1 aliphatic rings. The van der Waals surface area contributed by atoms with Crippen LogP contribution in [0.25, 0.3) is 0 Å². The van der Waals surface area contributed by atoms with Gasteiger partial charge in [0.05, 0.1) is 5.92 Å². The number of nitrogens with zero attached hydrogens (tertiary/aromatic N) is 1. The molecular formula is C14H31Cl2N3O. The van der Waals surface area contributed by atoms with E-state index in [1.807, 2.05) is 0 Å². The predicted molar refractivity (Wildman–Crippen MR) is 90.0 cm³/mol. The van der Waals surface area contributed by atoms with Crippen molar-refractivity contribution in [2.45, 2.75) is 39.2 Å². The number of likely N-dealkylation sites (N-methyl/N-ethyl adjacent to an activating group) is 1. The first-order valence-electron chi connectivity index (χ1n) is 7.15. The minimum absolute atomic E-state index is 0. The predicted octanol–water partition coefficient (Wildman–Crippen LogP) is 1.92. The lowest BCUT2D eigenvalue weighted by molar-refractivity contribution is -0.125. The molecular weight excluding hydrogens is 297 g/mol. The smallest absolute Gasteiger partial charge is 0.224 e. The second kappa shape index (κ2) is 11.6. The summed E-state index contributed by atoms with van der Waals surface area (Å²) in [4.78, 5) is 14.2. The molecule has 0 radical (unpaired) electrons. The monoisotopic (exact) mass is 327 g/mol. The Morgan fingerprint density at radius 3 is 2.45 bits per heavy atom. The summed E-state index contributed by atoms with van der Waals surface area (Å²) in [6, 6.07) is 0.436. The van der Waals surface area contributed by atoms with E-state index in [0.717, 1.165) is 38.9 Å². The lowest BCUT2D eigenvalue weighted by Gasteiger charge is -2.28. The molecule has 0 saturated carbocycles. The van der Waals surface area contributed by atoms with Crippen molar-refractivity contribution in [3.8, 4) is 0 Å². The average molecular weight is 328 g/mol. The number of piperidine rings is 1. The zero-order chi connectivity index (χ0) is 13.5. The topological polar surface area (TPSA) is 44.4 Å². The van der Waals surface area contributed by atoms with Crippen molar-refractivity contribution in [2.75, 3.05) is 33.7 Å². The van der Waals surface area contributed by atoms with Gasteiger partial charge < -0.3 is 15.5 Å². The molecule has 0 aliphatic carbocycles. The summed E-state index contributed by atoms with van der Waals surface area (Å²) in [7, 11) is 4.17. The largest absolute Gasteiger partial charge is 0.354 e. The Kier molecular flexibility index (Phi) is 12.9. The molecule has 1 aliphatic heterocycles. The van der Waals surface area contributed by atoms with Crippen LogP contribution < -0.4 is 10.6 Å². The van der Waals surface area contributed by atoms with Crippen LogP contribution in [-0.4, -0.2) is 50.6 Å². The second-order valence-electron chi connectivity index (χ2n) is 6.04. The Bertz CT molecular complexity index is 257. The summed E-state index contributed by atoms with van der Waals surface area (Å²) in [5, 5.41) is 6.41. The van der Waals surface area contributed by atoms with Gasteiger partial charge in [0.1, 0.15) is 0 Å². The number of hydrogen-bond donors (Lipinski definition) is 2. The van der Waals surface area contributed by atoms with Crippen molar-refractivity contribution >= 4 is 30.7 Å². The molecule has 2 atom stereocenters. The fraction of sp³-hybridized carbons (Fsp3) is 0.929. The lowest BCUT2D eigenvalue weighted by atomic mass is 9.98. The zero-order valence-corrected chi connectivity index (χ0v) is 14.8. The van der Waals surface area contributed by atoms with Gasteiger partial charge in [-0.1, -0.05) is 13.8 Å². The van der Waals surface area contributed by atoms with Gasteiger partial charge in [0.15, 0.2) is 0 Å². The average Bonchev–Trinajstić information content (AvgIpc) is 2.34. The van der Waals surface area contributed by atoms with E-state index in [1.165, 1.54) is 0 Å². The Labute approximate surface area is 136 Å². The highest BCUT2D eigenvalue weighted by Gasteiger charge is 2.22. The number of rotatable bonds is 6.